The van der Waals surface area contributed by atoms with E-state index in [9.17, 15) is 0 Å². The molecule has 1 fully saturated rings. The molecule has 1 N–H and O–H groups in total. The summed E-state index contributed by atoms with van der Waals surface area (Å²) in [5, 5.41) is 6.08. The Labute approximate surface area is 143 Å². The van der Waals surface area contributed by atoms with Gasteiger partial charge in [0.2, 0.25) is 0 Å². The van der Waals surface area contributed by atoms with Gasteiger partial charge in [-0.05, 0) is 34.9 Å². The van der Waals surface area contributed by atoms with Crippen LogP contribution in [0.1, 0.15) is 22.9 Å². The van der Waals surface area contributed by atoms with E-state index in [1.165, 1.54) is 21.9 Å². The Kier molecular flexibility index (Phi) is 4.28. The summed E-state index contributed by atoms with van der Waals surface area (Å²) >= 11 is 0. The molecule has 3 aromatic rings. The lowest BCUT2D eigenvalue weighted by Gasteiger charge is -2.35. The fourth-order valence-electron chi connectivity index (χ4n) is 3.61. The highest BCUT2D eigenvalue weighted by molar-refractivity contribution is 5.86. The van der Waals surface area contributed by atoms with Gasteiger partial charge < -0.3 is 5.32 Å². The molecule has 122 valence electrons. The Hall–Kier alpha value is -2.23. The Balaban J connectivity index is 1.86. The van der Waals surface area contributed by atoms with Crippen LogP contribution in [-0.2, 0) is 0 Å². The van der Waals surface area contributed by atoms with Gasteiger partial charge in [0.1, 0.15) is 0 Å². The number of hydrogen-bond acceptors (Lipinski definition) is 3. The van der Waals surface area contributed by atoms with Gasteiger partial charge in [0.25, 0.3) is 0 Å². The minimum absolute atomic E-state index is 0.207. The van der Waals surface area contributed by atoms with Crippen LogP contribution < -0.4 is 5.32 Å². The average molecular weight is 317 g/mol. The lowest BCUT2D eigenvalue weighted by atomic mass is 9.94. The van der Waals surface area contributed by atoms with E-state index in [1.54, 1.807) is 0 Å². The van der Waals surface area contributed by atoms with Gasteiger partial charge >= 0.3 is 0 Å². The van der Waals surface area contributed by atoms with Gasteiger partial charge in [-0.15, -0.1) is 0 Å². The summed E-state index contributed by atoms with van der Waals surface area (Å²) in [5.41, 5.74) is 3.70. The Morgan fingerprint density at radius 3 is 2.54 bits per heavy atom. The summed E-state index contributed by atoms with van der Waals surface area (Å²) in [6.45, 7) is 6.25. The zero-order chi connectivity index (χ0) is 16.4. The molecule has 2 aromatic carbocycles. The monoisotopic (exact) mass is 317 g/mol. The second-order valence-electron chi connectivity index (χ2n) is 6.52. The number of rotatable bonds is 3. The number of aryl methyl sites for hydroxylation is 1. The molecule has 0 bridgehead atoms. The van der Waals surface area contributed by atoms with Crippen LogP contribution >= 0.6 is 0 Å². The number of hydrogen-bond donors (Lipinski definition) is 1. The molecule has 1 atom stereocenters. The van der Waals surface area contributed by atoms with E-state index >= 15 is 0 Å². The predicted octanol–water partition coefficient (Wildman–Crippen LogP) is 3.54. The van der Waals surface area contributed by atoms with E-state index in [-0.39, 0.29) is 6.04 Å². The molecule has 24 heavy (non-hydrogen) atoms. The molecule has 0 radical (unpaired) electrons. The van der Waals surface area contributed by atoms with Gasteiger partial charge in [-0.25, -0.2) is 0 Å². The summed E-state index contributed by atoms with van der Waals surface area (Å²) < 4.78 is 0. The summed E-state index contributed by atoms with van der Waals surface area (Å²) in [4.78, 5) is 7.33. The first kappa shape index (κ1) is 15.3. The highest BCUT2D eigenvalue weighted by Gasteiger charge is 2.26. The zero-order valence-corrected chi connectivity index (χ0v) is 14.1. The van der Waals surface area contributed by atoms with E-state index in [2.05, 4.69) is 71.7 Å². The quantitative estimate of drug-likeness (QED) is 0.801. The van der Waals surface area contributed by atoms with E-state index in [1.807, 2.05) is 6.20 Å². The summed E-state index contributed by atoms with van der Waals surface area (Å²) in [5.74, 6) is 0. The molecule has 0 saturated carbocycles. The third kappa shape index (κ3) is 2.93. The van der Waals surface area contributed by atoms with Crippen LogP contribution in [0.4, 0.5) is 0 Å². The smallest absolute Gasteiger partial charge is 0.0783 e. The van der Waals surface area contributed by atoms with Crippen molar-refractivity contribution in [2.45, 2.75) is 13.0 Å². The standard InChI is InChI=1S/C21H23N3/c1-16-9-10-20(23-15-16)21(24-13-11-22-12-14-24)19-8-4-6-17-5-2-3-7-18(17)19/h2-10,15,21-22H,11-14H2,1H3. The Morgan fingerprint density at radius 2 is 1.75 bits per heavy atom. The van der Waals surface area contributed by atoms with Crippen LogP contribution in [0.25, 0.3) is 10.8 Å². The molecule has 1 saturated heterocycles. The van der Waals surface area contributed by atoms with Gasteiger partial charge in [-0.2, -0.15) is 0 Å². The Morgan fingerprint density at radius 1 is 0.958 bits per heavy atom. The molecule has 0 spiro atoms. The van der Waals surface area contributed by atoms with Crippen molar-refractivity contribution in [1.29, 1.82) is 0 Å². The van der Waals surface area contributed by atoms with Crippen LogP contribution in [0.15, 0.2) is 60.8 Å². The van der Waals surface area contributed by atoms with Crippen LogP contribution in [-0.4, -0.2) is 36.1 Å². The molecule has 1 aromatic heterocycles. The van der Waals surface area contributed by atoms with Gasteiger partial charge in [-0.1, -0.05) is 48.5 Å². The molecule has 1 aliphatic heterocycles. The van der Waals surface area contributed by atoms with Crippen LogP contribution in [0.2, 0.25) is 0 Å². The topological polar surface area (TPSA) is 28.2 Å². The summed E-state index contributed by atoms with van der Waals surface area (Å²) in [6, 6.07) is 19.8. The normalized spacial score (nSPS) is 17.0. The van der Waals surface area contributed by atoms with Gasteiger partial charge in [0.15, 0.2) is 0 Å². The minimum Gasteiger partial charge on any atom is -0.314 e. The third-order valence-corrected chi connectivity index (χ3v) is 4.85. The molecule has 2 heterocycles. The number of fused-ring (bicyclic) bond motifs is 1. The van der Waals surface area contributed by atoms with Crippen molar-refractivity contribution in [1.82, 2.24) is 15.2 Å². The van der Waals surface area contributed by atoms with E-state index in [0.29, 0.717) is 0 Å². The van der Waals surface area contributed by atoms with Crippen molar-refractivity contribution in [3.05, 3.63) is 77.6 Å². The highest BCUT2D eigenvalue weighted by atomic mass is 15.2. The fourth-order valence-corrected chi connectivity index (χ4v) is 3.61. The second-order valence-corrected chi connectivity index (χ2v) is 6.52. The largest absolute Gasteiger partial charge is 0.314 e. The van der Waals surface area contributed by atoms with E-state index in [4.69, 9.17) is 4.98 Å². The lowest BCUT2D eigenvalue weighted by Crippen LogP contribution is -2.45. The van der Waals surface area contributed by atoms with E-state index in [0.717, 1.165) is 31.9 Å². The molecule has 0 aliphatic carbocycles. The molecule has 1 unspecified atom stereocenters. The van der Waals surface area contributed by atoms with Crippen LogP contribution in [0.3, 0.4) is 0 Å². The maximum atomic E-state index is 4.77. The molecular formula is C21H23N3. The number of piperazine rings is 1. The second kappa shape index (κ2) is 6.71. The van der Waals surface area contributed by atoms with Gasteiger partial charge in [0, 0.05) is 32.4 Å². The molecule has 3 nitrogen and oxygen atoms in total. The summed E-state index contributed by atoms with van der Waals surface area (Å²) in [6.07, 6.45) is 1.98. The SMILES string of the molecule is Cc1ccc(C(c2cccc3ccccc23)N2CCNCC2)nc1. The van der Waals surface area contributed by atoms with Crippen molar-refractivity contribution >= 4 is 10.8 Å². The van der Waals surface area contributed by atoms with Gasteiger partial charge in [0.05, 0.1) is 11.7 Å². The molecular weight excluding hydrogens is 294 g/mol. The molecule has 1 aliphatic rings. The van der Waals surface area contributed by atoms with Crippen molar-refractivity contribution in [3.63, 3.8) is 0 Å². The lowest BCUT2D eigenvalue weighted by molar-refractivity contribution is 0.196. The first-order valence-corrected chi connectivity index (χ1v) is 8.68. The molecule has 0 amide bonds. The van der Waals surface area contributed by atoms with Gasteiger partial charge in [-0.3, -0.25) is 9.88 Å². The fraction of sp³-hybridized carbons (Fsp3) is 0.286. The van der Waals surface area contributed by atoms with Crippen molar-refractivity contribution < 1.29 is 0 Å². The van der Waals surface area contributed by atoms with Crippen LogP contribution in [0.5, 0.6) is 0 Å². The first-order chi connectivity index (χ1) is 11.8. The first-order valence-electron chi connectivity index (χ1n) is 8.68. The summed E-state index contributed by atoms with van der Waals surface area (Å²) in [7, 11) is 0. The number of aromatic nitrogens is 1. The third-order valence-electron chi connectivity index (χ3n) is 4.85. The highest BCUT2D eigenvalue weighted by Crippen LogP contribution is 2.33. The molecule has 3 heteroatoms. The maximum absolute atomic E-state index is 4.77. The number of pyridine rings is 1. The average Bonchev–Trinajstić information content (AvgIpc) is 2.65. The number of benzene rings is 2. The predicted molar refractivity (Wildman–Crippen MR) is 99.2 cm³/mol. The molecule has 4 rings (SSSR count). The minimum atomic E-state index is 0.207. The van der Waals surface area contributed by atoms with Crippen molar-refractivity contribution in [2.24, 2.45) is 0 Å². The van der Waals surface area contributed by atoms with E-state index < -0.39 is 0 Å². The maximum Gasteiger partial charge on any atom is 0.0783 e. The van der Waals surface area contributed by atoms with Crippen molar-refractivity contribution in [2.75, 3.05) is 26.2 Å². The zero-order valence-electron chi connectivity index (χ0n) is 14.1. The van der Waals surface area contributed by atoms with Crippen molar-refractivity contribution in [3.8, 4) is 0 Å². The Bertz CT molecular complexity index is 815. The number of nitrogens with zero attached hydrogens (tertiary/aromatic N) is 2. The van der Waals surface area contributed by atoms with Crippen LogP contribution in [0, 0.1) is 6.92 Å². The number of nitrogens with one attached hydrogen (secondary N) is 1.